The predicted molar refractivity (Wildman–Crippen MR) is 71.4 cm³/mol. The first-order valence-corrected chi connectivity index (χ1v) is 7.25. The molecule has 1 amide bonds. The molecule has 2 saturated heterocycles. The lowest BCUT2D eigenvalue weighted by Gasteiger charge is -2.36. The van der Waals surface area contributed by atoms with Gasteiger partial charge in [-0.3, -0.25) is 4.79 Å². The van der Waals surface area contributed by atoms with Gasteiger partial charge in [0.25, 0.3) is 0 Å². The van der Waals surface area contributed by atoms with Gasteiger partial charge >= 0.3 is 0 Å². The van der Waals surface area contributed by atoms with Crippen LogP contribution in [0.1, 0.15) is 26.7 Å². The fourth-order valence-corrected chi connectivity index (χ4v) is 2.92. The predicted octanol–water partition coefficient (Wildman–Crippen LogP) is 1.21. The van der Waals surface area contributed by atoms with Gasteiger partial charge in [-0.25, -0.2) is 0 Å². The summed E-state index contributed by atoms with van der Waals surface area (Å²) in [4.78, 5) is 16.8. The molecular formula is C14H26N2O2. The average Bonchev–Trinajstić information content (AvgIpc) is 2.39. The minimum Gasteiger partial charge on any atom is -0.378 e. The Morgan fingerprint density at radius 3 is 2.33 bits per heavy atom. The molecule has 2 aliphatic heterocycles. The van der Waals surface area contributed by atoms with E-state index in [9.17, 15) is 4.79 Å². The molecule has 0 saturated carbocycles. The molecule has 18 heavy (non-hydrogen) atoms. The number of morpholine rings is 1. The molecule has 2 heterocycles. The van der Waals surface area contributed by atoms with Gasteiger partial charge in [-0.2, -0.15) is 0 Å². The summed E-state index contributed by atoms with van der Waals surface area (Å²) < 4.78 is 5.30. The molecule has 4 heteroatoms. The number of rotatable bonds is 3. The van der Waals surface area contributed by atoms with Gasteiger partial charge in [-0.15, -0.1) is 0 Å². The van der Waals surface area contributed by atoms with Crippen LogP contribution in [0, 0.1) is 11.8 Å². The number of nitrogens with zero attached hydrogens (tertiary/aromatic N) is 2. The van der Waals surface area contributed by atoms with E-state index in [0.29, 0.717) is 19.1 Å². The number of hydrogen-bond acceptors (Lipinski definition) is 3. The van der Waals surface area contributed by atoms with E-state index in [4.69, 9.17) is 4.74 Å². The smallest absolute Gasteiger partial charge is 0.225 e. The van der Waals surface area contributed by atoms with E-state index in [-0.39, 0.29) is 5.92 Å². The van der Waals surface area contributed by atoms with E-state index in [1.54, 1.807) is 0 Å². The third kappa shape index (κ3) is 3.69. The summed E-state index contributed by atoms with van der Waals surface area (Å²) in [6, 6.07) is 0. The quantitative estimate of drug-likeness (QED) is 0.759. The molecule has 0 atom stereocenters. The van der Waals surface area contributed by atoms with Crippen molar-refractivity contribution in [3.8, 4) is 0 Å². The van der Waals surface area contributed by atoms with Crippen molar-refractivity contribution in [1.82, 2.24) is 9.80 Å². The molecule has 104 valence electrons. The van der Waals surface area contributed by atoms with Gasteiger partial charge in [-0.1, -0.05) is 13.8 Å². The molecule has 0 radical (unpaired) electrons. The summed E-state index contributed by atoms with van der Waals surface area (Å²) in [5, 5.41) is 0. The summed E-state index contributed by atoms with van der Waals surface area (Å²) in [5.74, 6) is 1.34. The van der Waals surface area contributed by atoms with Gasteiger partial charge in [0.15, 0.2) is 0 Å². The second kappa shape index (κ2) is 6.53. The molecule has 0 bridgehead atoms. The molecule has 0 aromatic carbocycles. The van der Waals surface area contributed by atoms with Crippen molar-refractivity contribution in [3.63, 3.8) is 0 Å². The topological polar surface area (TPSA) is 32.8 Å². The number of amides is 1. The zero-order valence-electron chi connectivity index (χ0n) is 11.7. The first-order valence-electron chi connectivity index (χ1n) is 7.25. The molecule has 0 aromatic rings. The lowest BCUT2D eigenvalue weighted by molar-refractivity contribution is -0.141. The number of likely N-dealkylation sites (tertiary alicyclic amines) is 1. The van der Waals surface area contributed by atoms with Gasteiger partial charge in [0, 0.05) is 25.6 Å². The Labute approximate surface area is 110 Å². The summed E-state index contributed by atoms with van der Waals surface area (Å²) >= 11 is 0. The number of carbonyl (C=O) groups is 1. The molecule has 0 unspecified atom stereocenters. The number of piperidine rings is 1. The molecule has 0 aliphatic carbocycles. The van der Waals surface area contributed by atoms with Crippen molar-refractivity contribution in [2.24, 2.45) is 11.8 Å². The Balaban J connectivity index is 1.76. The second-order valence-corrected chi connectivity index (χ2v) is 5.91. The maximum Gasteiger partial charge on any atom is 0.225 e. The van der Waals surface area contributed by atoms with E-state index in [1.165, 1.54) is 6.54 Å². The lowest BCUT2D eigenvalue weighted by Crippen LogP contribution is -2.47. The average molecular weight is 254 g/mol. The summed E-state index contributed by atoms with van der Waals surface area (Å²) in [5.41, 5.74) is 0. The number of ether oxygens (including phenoxy) is 1. The van der Waals surface area contributed by atoms with Crippen LogP contribution < -0.4 is 0 Å². The van der Waals surface area contributed by atoms with Crippen LogP contribution in [0.5, 0.6) is 0 Å². The molecule has 2 aliphatic rings. The van der Waals surface area contributed by atoms with E-state index in [2.05, 4.69) is 18.7 Å². The van der Waals surface area contributed by atoms with Crippen LogP contribution in [-0.2, 0) is 9.53 Å². The fraction of sp³-hybridized carbons (Fsp3) is 0.929. The Bertz CT molecular complexity index is 267. The zero-order valence-corrected chi connectivity index (χ0v) is 11.7. The highest BCUT2D eigenvalue weighted by atomic mass is 16.5. The molecule has 2 rings (SSSR count). The van der Waals surface area contributed by atoms with Crippen LogP contribution >= 0.6 is 0 Å². The van der Waals surface area contributed by atoms with E-state index in [1.807, 2.05) is 4.90 Å². The van der Waals surface area contributed by atoms with Gasteiger partial charge < -0.3 is 14.5 Å². The SMILES string of the molecule is CC(C)CN1CCC(C(=O)N2CCOCC2)CC1. The zero-order chi connectivity index (χ0) is 13.0. The first kappa shape index (κ1) is 13.8. The van der Waals surface area contributed by atoms with Crippen LogP contribution in [0.4, 0.5) is 0 Å². The van der Waals surface area contributed by atoms with Crippen LogP contribution in [0.15, 0.2) is 0 Å². The standard InChI is InChI=1S/C14H26N2O2/c1-12(2)11-15-5-3-13(4-6-15)14(17)16-7-9-18-10-8-16/h12-13H,3-11H2,1-2H3. The van der Waals surface area contributed by atoms with Crippen LogP contribution in [0.2, 0.25) is 0 Å². The normalized spacial score (nSPS) is 23.6. The first-order chi connectivity index (χ1) is 8.66. The molecule has 0 spiro atoms. The Kier molecular flexibility index (Phi) is 5.01. The van der Waals surface area contributed by atoms with Gasteiger partial charge in [0.1, 0.15) is 0 Å². The molecular weight excluding hydrogens is 228 g/mol. The minimum absolute atomic E-state index is 0.256. The highest BCUT2D eigenvalue weighted by Gasteiger charge is 2.29. The summed E-state index contributed by atoms with van der Waals surface area (Å²) in [6.45, 7) is 10.8. The van der Waals surface area contributed by atoms with Crippen LogP contribution in [-0.4, -0.2) is 61.6 Å². The van der Waals surface area contributed by atoms with Crippen molar-refractivity contribution in [2.75, 3.05) is 45.9 Å². The van der Waals surface area contributed by atoms with Crippen molar-refractivity contribution in [2.45, 2.75) is 26.7 Å². The largest absolute Gasteiger partial charge is 0.378 e. The van der Waals surface area contributed by atoms with E-state index < -0.39 is 0 Å². The highest BCUT2D eigenvalue weighted by molar-refractivity contribution is 5.79. The van der Waals surface area contributed by atoms with E-state index >= 15 is 0 Å². The van der Waals surface area contributed by atoms with Gasteiger partial charge in [0.05, 0.1) is 13.2 Å². The van der Waals surface area contributed by atoms with Crippen molar-refractivity contribution in [1.29, 1.82) is 0 Å². The van der Waals surface area contributed by atoms with Crippen molar-refractivity contribution in [3.05, 3.63) is 0 Å². The number of carbonyl (C=O) groups excluding carboxylic acids is 1. The van der Waals surface area contributed by atoms with Crippen molar-refractivity contribution < 1.29 is 9.53 Å². The molecule has 4 nitrogen and oxygen atoms in total. The second-order valence-electron chi connectivity index (χ2n) is 5.91. The molecule has 2 fully saturated rings. The molecule has 0 aromatic heterocycles. The van der Waals surface area contributed by atoms with Crippen molar-refractivity contribution >= 4 is 5.91 Å². The third-order valence-electron chi connectivity index (χ3n) is 3.88. The Hall–Kier alpha value is -0.610. The van der Waals surface area contributed by atoms with Gasteiger partial charge in [-0.05, 0) is 31.8 Å². The summed E-state index contributed by atoms with van der Waals surface area (Å²) in [6.07, 6.45) is 2.06. The fourth-order valence-electron chi connectivity index (χ4n) is 2.92. The molecule has 0 N–H and O–H groups in total. The minimum atomic E-state index is 0.256. The van der Waals surface area contributed by atoms with Crippen LogP contribution in [0.25, 0.3) is 0 Å². The van der Waals surface area contributed by atoms with Crippen LogP contribution in [0.3, 0.4) is 0 Å². The monoisotopic (exact) mass is 254 g/mol. The number of hydrogen-bond donors (Lipinski definition) is 0. The third-order valence-corrected chi connectivity index (χ3v) is 3.88. The lowest BCUT2D eigenvalue weighted by atomic mass is 9.94. The van der Waals surface area contributed by atoms with Gasteiger partial charge in [0.2, 0.25) is 5.91 Å². The van der Waals surface area contributed by atoms with E-state index in [0.717, 1.165) is 44.9 Å². The highest BCUT2D eigenvalue weighted by Crippen LogP contribution is 2.20. The Morgan fingerprint density at radius 2 is 1.78 bits per heavy atom. The maximum absolute atomic E-state index is 12.3. The Morgan fingerprint density at radius 1 is 1.17 bits per heavy atom. The maximum atomic E-state index is 12.3. The summed E-state index contributed by atoms with van der Waals surface area (Å²) in [7, 11) is 0.